The van der Waals surface area contributed by atoms with Crippen molar-refractivity contribution in [3.8, 4) is 0 Å². The van der Waals surface area contributed by atoms with Crippen molar-refractivity contribution in [1.29, 1.82) is 0 Å². The maximum absolute atomic E-state index is 12.6. The second-order valence-corrected chi connectivity index (χ2v) is 7.28. The molecule has 0 radical (unpaired) electrons. The van der Waals surface area contributed by atoms with Gasteiger partial charge in [-0.05, 0) is 12.8 Å². The Morgan fingerprint density at radius 2 is 1.24 bits per heavy atom. The largest absolute Gasteiger partial charge is 0.481 e. The summed E-state index contributed by atoms with van der Waals surface area (Å²) in [4.78, 5) is 81.4. The predicted octanol–water partition coefficient (Wildman–Crippen LogP) is -4.21. The summed E-state index contributed by atoms with van der Waals surface area (Å²) in [6, 6.07) is -5.78. The summed E-state index contributed by atoms with van der Waals surface area (Å²) in [6.07, 6.45) is -2.05. The molecule has 0 aliphatic heterocycles. The van der Waals surface area contributed by atoms with Gasteiger partial charge in [0.1, 0.15) is 18.1 Å². The van der Waals surface area contributed by atoms with Crippen LogP contribution in [0.5, 0.6) is 0 Å². The Bertz CT molecular complexity index is 778. The molecule has 186 valence electrons. The molecule has 0 aliphatic carbocycles. The van der Waals surface area contributed by atoms with Crippen LogP contribution in [0.3, 0.4) is 0 Å². The summed E-state index contributed by atoms with van der Waals surface area (Å²) in [7, 11) is 0. The standard InChI is InChI=1S/C17H28N6O9S/c18-7(1-3-11(19)24)14(28)22-9(5-12(20)25)16(30)21-8(2-4-13(26)27)15(29)23-10(6-33)17(31)32/h7-10,33H,1-6,18H2,(H2,19,24)(H2,20,25)(H,21,30)(H,22,28)(H,23,29)(H,26,27)(H,31,32). The van der Waals surface area contributed by atoms with E-state index in [1.807, 2.05) is 0 Å². The number of amides is 5. The van der Waals surface area contributed by atoms with Crippen LogP contribution in [0.25, 0.3) is 0 Å². The Labute approximate surface area is 193 Å². The molecule has 0 aromatic heterocycles. The topological polar surface area (TPSA) is 274 Å². The van der Waals surface area contributed by atoms with Crippen molar-refractivity contribution < 1.29 is 43.8 Å². The molecule has 0 aromatic carbocycles. The highest BCUT2D eigenvalue weighted by atomic mass is 32.1. The number of nitrogens with one attached hydrogen (secondary N) is 3. The normalized spacial score (nSPS) is 14.1. The first-order valence-corrected chi connectivity index (χ1v) is 10.2. The van der Waals surface area contributed by atoms with E-state index >= 15 is 0 Å². The number of rotatable bonds is 16. The van der Waals surface area contributed by atoms with Crippen LogP contribution >= 0.6 is 12.6 Å². The predicted molar refractivity (Wildman–Crippen MR) is 114 cm³/mol. The molecule has 33 heavy (non-hydrogen) atoms. The molecule has 0 saturated carbocycles. The van der Waals surface area contributed by atoms with E-state index in [0.717, 1.165) is 0 Å². The smallest absolute Gasteiger partial charge is 0.327 e. The van der Waals surface area contributed by atoms with Crippen LogP contribution < -0.4 is 33.2 Å². The first kappa shape index (κ1) is 29.6. The van der Waals surface area contributed by atoms with Gasteiger partial charge in [-0.3, -0.25) is 28.8 Å². The fourth-order valence-corrected chi connectivity index (χ4v) is 2.63. The van der Waals surface area contributed by atoms with E-state index in [-0.39, 0.29) is 18.6 Å². The number of carbonyl (C=O) groups is 7. The van der Waals surface area contributed by atoms with Crippen molar-refractivity contribution in [2.24, 2.45) is 17.2 Å². The molecule has 4 atom stereocenters. The molecule has 0 aliphatic rings. The molecule has 16 heteroatoms. The number of carbonyl (C=O) groups excluding carboxylic acids is 5. The summed E-state index contributed by atoms with van der Waals surface area (Å²) in [6.45, 7) is 0. The number of carboxylic acids is 2. The third kappa shape index (κ3) is 12.3. The van der Waals surface area contributed by atoms with Gasteiger partial charge in [-0.2, -0.15) is 12.6 Å². The van der Waals surface area contributed by atoms with E-state index in [1.165, 1.54) is 0 Å². The molecule has 0 spiro atoms. The summed E-state index contributed by atoms with van der Waals surface area (Å²) in [5.41, 5.74) is 15.7. The average molecular weight is 493 g/mol. The lowest BCUT2D eigenvalue weighted by molar-refractivity contribution is -0.142. The maximum atomic E-state index is 12.6. The first-order valence-electron chi connectivity index (χ1n) is 9.57. The van der Waals surface area contributed by atoms with Gasteiger partial charge in [-0.25, -0.2) is 4.79 Å². The minimum Gasteiger partial charge on any atom is -0.481 e. The van der Waals surface area contributed by atoms with Crippen LogP contribution in [0, 0.1) is 0 Å². The summed E-state index contributed by atoms with van der Waals surface area (Å²) < 4.78 is 0. The number of nitrogens with two attached hydrogens (primary N) is 3. The Hall–Kier alpha value is -3.40. The van der Waals surface area contributed by atoms with Crippen LogP contribution in [-0.4, -0.2) is 81.6 Å². The molecule has 5 amide bonds. The Kier molecular flexibility index (Phi) is 13.1. The molecule has 0 rings (SSSR count). The second kappa shape index (κ2) is 14.6. The fourth-order valence-electron chi connectivity index (χ4n) is 2.38. The van der Waals surface area contributed by atoms with Crippen LogP contribution in [-0.2, 0) is 33.6 Å². The molecule has 0 heterocycles. The first-order chi connectivity index (χ1) is 15.3. The van der Waals surface area contributed by atoms with Crippen LogP contribution in [0.4, 0.5) is 0 Å². The van der Waals surface area contributed by atoms with Gasteiger partial charge in [0.05, 0.1) is 12.5 Å². The van der Waals surface area contributed by atoms with Crippen LogP contribution in [0.1, 0.15) is 32.1 Å². The summed E-state index contributed by atoms with van der Waals surface area (Å²) in [5, 5.41) is 24.3. The summed E-state index contributed by atoms with van der Waals surface area (Å²) >= 11 is 3.79. The van der Waals surface area contributed by atoms with E-state index in [2.05, 4.69) is 28.6 Å². The van der Waals surface area contributed by atoms with Crippen LogP contribution in [0.15, 0.2) is 0 Å². The zero-order chi connectivity index (χ0) is 25.7. The molecule has 15 nitrogen and oxygen atoms in total. The number of hydrogen-bond acceptors (Lipinski definition) is 9. The minimum absolute atomic E-state index is 0.143. The van der Waals surface area contributed by atoms with Crippen molar-refractivity contribution in [3.63, 3.8) is 0 Å². The Balaban J connectivity index is 5.47. The third-order valence-corrected chi connectivity index (χ3v) is 4.52. The molecule has 11 N–H and O–H groups in total. The van der Waals surface area contributed by atoms with Gasteiger partial charge in [0, 0.05) is 18.6 Å². The number of hydrogen-bond donors (Lipinski definition) is 9. The number of thiol groups is 1. The van der Waals surface area contributed by atoms with E-state index in [1.54, 1.807) is 0 Å². The highest BCUT2D eigenvalue weighted by Gasteiger charge is 2.31. The van der Waals surface area contributed by atoms with Gasteiger partial charge in [0.2, 0.25) is 29.5 Å². The fraction of sp³-hybridized carbons (Fsp3) is 0.588. The van der Waals surface area contributed by atoms with Gasteiger partial charge in [0.25, 0.3) is 0 Å². The van der Waals surface area contributed by atoms with E-state index in [0.29, 0.717) is 0 Å². The van der Waals surface area contributed by atoms with Gasteiger partial charge in [-0.1, -0.05) is 0 Å². The molecule has 0 saturated heterocycles. The monoisotopic (exact) mass is 492 g/mol. The van der Waals surface area contributed by atoms with Gasteiger partial charge < -0.3 is 43.4 Å². The molecule has 0 fully saturated rings. The van der Waals surface area contributed by atoms with Crippen molar-refractivity contribution in [3.05, 3.63) is 0 Å². The SMILES string of the molecule is NC(=O)CCC(N)C(=O)NC(CC(N)=O)C(=O)NC(CCC(=O)O)C(=O)NC(CS)C(=O)O. The number of aliphatic carboxylic acids is 2. The zero-order valence-electron chi connectivity index (χ0n) is 17.5. The highest BCUT2D eigenvalue weighted by molar-refractivity contribution is 7.80. The van der Waals surface area contributed by atoms with Crippen molar-refractivity contribution in [1.82, 2.24) is 16.0 Å². The third-order valence-electron chi connectivity index (χ3n) is 4.15. The zero-order valence-corrected chi connectivity index (χ0v) is 18.4. The van der Waals surface area contributed by atoms with E-state index < -0.39 is 84.9 Å². The van der Waals surface area contributed by atoms with E-state index in [9.17, 15) is 33.6 Å². The van der Waals surface area contributed by atoms with E-state index in [4.69, 9.17) is 27.4 Å². The van der Waals surface area contributed by atoms with Crippen molar-refractivity contribution in [2.45, 2.75) is 56.3 Å². The highest BCUT2D eigenvalue weighted by Crippen LogP contribution is 2.04. The molecule has 4 unspecified atom stereocenters. The molecule has 0 aromatic rings. The molecular weight excluding hydrogens is 464 g/mol. The lowest BCUT2D eigenvalue weighted by atomic mass is 10.1. The molecular formula is C17H28N6O9S. The van der Waals surface area contributed by atoms with Gasteiger partial charge in [-0.15, -0.1) is 0 Å². The minimum atomic E-state index is -1.59. The number of primary amides is 2. The Morgan fingerprint density at radius 3 is 1.70 bits per heavy atom. The molecule has 0 bridgehead atoms. The maximum Gasteiger partial charge on any atom is 0.327 e. The van der Waals surface area contributed by atoms with Gasteiger partial charge in [0.15, 0.2) is 0 Å². The average Bonchev–Trinajstić information content (AvgIpc) is 2.71. The van der Waals surface area contributed by atoms with Gasteiger partial charge >= 0.3 is 11.9 Å². The quantitative estimate of drug-likeness (QED) is 0.0936. The Morgan fingerprint density at radius 1 is 0.727 bits per heavy atom. The summed E-state index contributed by atoms with van der Waals surface area (Å²) in [5.74, 6) is -7.71. The van der Waals surface area contributed by atoms with Crippen molar-refractivity contribution in [2.75, 3.05) is 5.75 Å². The lowest BCUT2D eigenvalue weighted by Gasteiger charge is -2.24. The van der Waals surface area contributed by atoms with Crippen LogP contribution in [0.2, 0.25) is 0 Å². The number of carboxylic acid groups (broad SMARTS) is 2. The van der Waals surface area contributed by atoms with Crippen molar-refractivity contribution >= 4 is 54.1 Å². The lowest BCUT2D eigenvalue weighted by Crippen LogP contribution is -2.58. The second-order valence-electron chi connectivity index (χ2n) is 6.92.